The zero-order valence-electron chi connectivity index (χ0n) is 10.9. The van der Waals surface area contributed by atoms with E-state index in [1.165, 1.54) is 14.2 Å². The van der Waals surface area contributed by atoms with E-state index < -0.39 is 24.0 Å². The maximum absolute atomic E-state index is 11.9. The Kier molecular flexibility index (Phi) is 4.16. The highest BCUT2D eigenvalue weighted by molar-refractivity contribution is 5.85. The van der Waals surface area contributed by atoms with Crippen molar-refractivity contribution < 1.29 is 23.8 Å². The summed E-state index contributed by atoms with van der Waals surface area (Å²) in [5, 5.41) is 0. The summed E-state index contributed by atoms with van der Waals surface area (Å²) >= 11 is 0. The maximum atomic E-state index is 11.9. The van der Waals surface area contributed by atoms with E-state index in [1.54, 1.807) is 0 Å². The Hall–Kier alpha value is -1.88. The molecule has 0 bridgehead atoms. The monoisotopic (exact) mass is 264 g/mol. The van der Waals surface area contributed by atoms with Gasteiger partial charge >= 0.3 is 11.9 Å². The number of carbonyl (C=O) groups excluding carboxylic acids is 2. The largest absolute Gasteiger partial charge is 0.469 e. The van der Waals surface area contributed by atoms with Crippen LogP contribution in [0.15, 0.2) is 30.3 Å². The highest BCUT2D eigenvalue weighted by Gasteiger charge is 2.47. The SMILES string of the molecule is COC(=O)[C@@H]1[C@H](C(=O)OC)OC[C@H]1c1ccccc1. The van der Waals surface area contributed by atoms with Crippen molar-refractivity contribution in [3.63, 3.8) is 0 Å². The average molecular weight is 264 g/mol. The van der Waals surface area contributed by atoms with Gasteiger partial charge in [-0.2, -0.15) is 0 Å². The molecule has 3 atom stereocenters. The van der Waals surface area contributed by atoms with E-state index in [0.717, 1.165) is 5.56 Å². The predicted molar refractivity (Wildman–Crippen MR) is 66.4 cm³/mol. The quantitative estimate of drug-likeness (QED) is 0.766. The van der Waals surface area contributed by atoms with Crippen LogP contribution in [-0.4, -0.2) is 38.9 Å². The molecule has 0 radical (unpaired) electrons. The molecule has 0 unspecified atom stereocenters. The summed E-state index contributed by atoms with van der Waals surface area (Å²) in [5.41, 5.74) is 0.948. The van der Waals surface area contributed by atoms with Crippen molar-refractivity contribution in [1.29, 1.82) is 0 Å². The zero-order valence-corrected chi connectivity index (χ0v) is 10.9. The molecule has 1 fully saturated rings. The number of hydrogen-bond acceptors (Lipinski definition) is 5. The summed E-state index contributed by atoms with van der Waals surface area (Å²) in [7, 11) is 2.58. The Bertz CT molecular complexity index is 456. The Balaban J connectivity index is 2.29. The fraction of sp³-hybridized carbons (Fsp3) is 0.429. The maximum Gasteiger partial charge on any atom is 0.335 e. The van der Waals surface area contributed by atoms with Gasteiger partial charge in [-0.05, 0) is 5.56 Å². The van der Waals surface area contributed by atoms with Crippen molar-refractivity contribution in [3.8, 4) is 0 Å². The molecule has 5 nitrogen and oxygen atoms in total. The van der Waals surface area contributed by atoms with Crippen LogP contribution < -0.4 is 0 Å². The molecule has 1 saturated heterocycles. The third kappa shape index (κ3) is 2.61. The first-order chi connectivity index (χ1) is 9.19. The van der Waals surface area contributed by atoms with E-state index in [0.29, 0.717) is 6.61 Å². The van der Waals surface area contributed by atoms with Crippen LogP contribution in [0.4, 0.5) is 0 Å². The Morgan fingerprint density at radius 2 is 1.74 bits per heavy atom. The molecule has 1 heterocycles. The third-order valence-electron chi connectivity index (χ3n) is 3.35. The third-order valence-corrected chi connectivity index (χ3v) is 3.35. The standard InChI is InChI=1S/C14H16O5/c1-17-13(15)11-10(9-6-4-3-5-7-9)8-19-12(11)14(16)18-2/h3-7,10-12H,8H2,1-2H3/t10-,11-,12+/m0/s1. The van der Waals surface area contributed by atoms with Crippen molar-refractivity contribution in [2.75, 3.05) is 20.8 Å². The molecule has 0 spiro atoms. The molecule has 0 saturated carbocycles. The van der Waals surface area contributed by atoms with E-state index in [-0.39, 0.29) is 5.92 Å². The van der Waals surface area contributed by atoms with Gasteiger partial charge in [-0.25, -0.2) is 4.79 Å². The molecule has 0 amide bonds. The van der Waals surface area contributed by atoms with E-state index >= 15 is 0 Å². The molecule has 102 valence electrons. The second kappa shape index (κ2) is 5.84. The Morgan fingerprint density at radius 1 is 1.11 bits per heavy atom. The summed E-state index contributed by atoms with van der Waals surface area (Å²) in [5.74, 6) is -1.87. The molecular weight excluding hydrogens is 248 g/mol. The normalized spacial score (nSPS) is 25.9. The van der Waals surface area contributed by atoms with Crippen molar-refractivity contribution in [2.24, 2.45) is 5.92 Å². The lowest BCUT2D eigenvalue weighted by Gasteiger charge is -2.19. The minimum absolute atomic E-state index is 0.197. The van der Waals surface area contributed by atoms with Crippen molar-refractivity contribution in [2.45, 2.75) is 12.0 Å². The van der Waals surface area contributed by atoms with E-state index in [2.05, 4.69) is 4.74 Å². The molecule has 0 aromatic heterocycles. The van der Waals surface area contributed by atoms with E-state index in [1.807, 2.05) is 30.3 Å². The molecule has 1 aromatic carbocycles. The van der Waals surface area contributed by atoms with E-state index in [9.17, 15) is 9.59 Å². The second-order valence-corrected chi connectivity index (χ2v) is 4.34. The first kappa shape index (κ1) is 13.5. The number of methoxy groups -OCH3 is 2. The highest BCUT2D eigenvalue weighted by atomic mass is 16.6. The number of ether oxygens (including phenoxy) is 3. The molecule has 0 aliphatic carbocycles. The van der Waals surface area contributed by atoms with Gasteiger partial charge < -0.3 is 14.2 Å². The number of esters is 2. The van der Waals surface area contributed by atoms with Crippen molar-refractivity contribution >= 4 is 11.9 Å². The minimum Gasteiger partial charge on any atom is -0.469 e. The predicted octanol–water partition coefficient (Wildman–Crippen LogP) is 1.13. The van der Waals surface area contributed by atoms with Crippen LogP contribution in [0, 0.1) is 5.92 Å². The fourth-order valence-electron chi connectivity index (χ4n) is 2.38. The van der Waals surface area contributed by atoms with Gasteiger partial charge in [0.15, 0.2) is 6.10 Å². The molecule has 1 aromatic rings. The molecule has 1 aliphatic heterocycles. The lowest BCUT2D eigenvalue weighted by atomic mass is 9.85. The molecule has 1 aliphatic rings. The first-order valence-corrected chi connectivity index (χ1v) is 6.01. The zero-order chi connectivity index (χ0) is 13.8. The molecule has 0 N–H and O–H groups in total. The molecular formula is C14H16O5. The Morgan fingerprint density at radius 3 is 2.32 bits per heavy atom. The van der Waals surface area contributed by atoms with Crippen LogP contribution in [0.1, 0.15) is 11.5 Å². The van der Waals surface area contributed by atoms with Crippen LogP contribution in [-0.2, 0) is 23.8 Å². The van der Waals surface area contributed by atoms with Crippen LogP contribution >= 0.6 is 0 Å². The number of hydrogen-bond donors (Lipinski definition) is 0. The first-order valence-electron chi connectivity index (χ1n) is 6.01. The van der Waals surface area contributed by atoms with Gasteiger partial charge in [0.2, 0.25) is 0 Å². The van der Waals surface area contributed by atoms with Gasteiger partial charge in [0.05, 0.1) is 20.8 Å². The number of benzene rings is 1. The minimum atomic E-state index is -0.900. The van der Waals surface area contributed by atoms with Gasteiger partial charge in [0, 0.05) is 5.92 Å². The van der Waals surface area contributed by atoms with Crippen LogP contribution in [0.5, 0.6) is 0 Å². The summed E-state index contributed by atoms with van der Waals surface area (Å²) in [6.07, 6.45) is -0.900. The molecule has 19 heavy (non-hydrogen) atoms. The highest BCUT2D eigenvalue weighted by Crippen LogP contribution is 2.36. The lowest BCUT2D eigenvalue weighted by molar-refractivity contribution is -0.160. The number of carbonyl (C=O) groups is 2. The van der Waals surface area contributed by atoms with Gasteiger partial charge in [-0.1, -0.05) is 30.3 Å². The van der Waals surface area contributed by atoms with Crippen LogP contribution in [0.2, 0.25) is 0 Å². The molecule has 2 rings (SSSR count). The summed E-state index contributed by atoms with van der Waals surface area (Å²) in [6.45, 7) is 0.295. The fourth-order valence-corrected chi connectivity index (χ4v) is 2.38. The Labute approximate surface area is 111 Å². The average Bonchev–Trinajstić information content (AvgIpc) is 2.91. The second-order valence-electron chi connectivity index (χ2n) is 4.34. The van der Waals surface area contributed by atoms with Crippen LogP contribution in [0.3, 0.4) is 0 Å². The van der Waals surface area contributed by atoms with Gasteiger partial charge in [-0.15, -0.1) is 0 Å². The summed E-state index contributed by atoms with van der Waals surface area (Å²) in [6, 6.07) is 9.47. The summed E-state index contributed by atoms with van der Waals surface area (Å²) in [4.78, 5) is 23.6. The van der Waals surface area contributed by atoms with Crippen molar-refractivity contribution in [3.05, 3.63) is 35.9 Å². The van der Waals surface area contributed by atoms with Crippen LogP contribution in [0.25, 0.3) is 0 Å². The van der Waals surface area contributed by atoms with Gasteiger partial charge in [-0.3, -0.25) is 4.79 Å². The van der Waals surface area contributed by atoms with Crippen molar-refractivity contribution in [1.82, 2.24) is 0 Å². The molecule has 5 heteroatoms. The van der Waals surface area contributed by atoms with Gasteiger partial charge in [0.1, 0.15) is 5.92 Å². The van der Waals surface area contributed by atoms with E-state index in [4.69, 9.17) is 9.47 Å². The topological polar surface area (TPSA) is 61.8 Å². The number of rotatable bonds is 3. The van der Waals surface area contributed by atoms with Gasteiger partial charge in [0.25, 0.3) is 0 Å². The summed E-state index contributed by atoms with van der Waals surface area (Å²) < 4.78 is 14.9. The lowest BCUT2D eigenvalue weighted by Crippen LogP contribution is -2.35. The smallest absolute Gasteiger partial charge is 0.335 e.